The molecule has 0 radical (unpaired) electrons. The van der Waals surface area contributed by atoms with Gasteiger partial charge in [0.15, 0.2) is 0 Å². The Bertz CT molecular complexity index is 287. The summed E-state index contributed by atoms with van der Waals surface area (Å²) in [6.45, 7) is 6.65. The van der Waals surface area contributed by atoms with Gasteiger partial charge in [0.25, 0.3) is 0 Å². The Morgan fingerprint density at radius 2 is 2.06 bits per heavy atom. The van der Waals surface area contributed by atoms with E-state index in [0.717, 1.165) is 25.2 Å². The maximum Gasteiger partial charge on any atom is 0.393 e. The summed E-state index contributed by atoms with van der Waals surface area (Å²) in [4.78, 5) is 4.23. The summed E-state index contributed by atoms with van der Waals surface area (Å²) < 4.78 is 10.7. The van der Waals surface area contributed by atoms with Crippen LogP contribution in [0.2, 0.25) is 0 Å². The first-order valence-electron chi connectivity index (χ1n) is 6.64. The fourth-order valence-corrected chi connectivity index (χ4v) is 1.55. The number of hydrogen-bond acceptors (Lipinski definition) is 4. The molecule has 1 rings (SSSR count). The van der Waals surface area contributed by atoms with Crippen LogP contribution in [0.15, 0.2) is 10.7 Å². The first-order valence-corrected chi connectivity index (χ1v) is 6.64. The summed E-state index contributed by atoms with van der Waals surface area (Å²) in [5, 5.41) is 3.19. The summed E-state index contributed by atoms with van der Waals surface area (Å²) in [6.07, 6.45) is 8.21. The van der Waals surface area contributed by atoms with E-state index in [1.54, 1.807) is 6.26 Å². The minimum Gasteiger partial charge on any atom is -0.450 e. The third kappa shape index (κ3) is 6.31. The van der Waals surface area contributed by atoms with Gasteiger partial charge in [0.2, 0.25) is 0 Å². The van der Waals surface area contributed by atoms with Gasteiger partial charge >= 0.3 is 6.08 Å². The highest BCUT2D eigenvalue weighted by molar-refractivity contribution is 4.99. The number of nitrogens with one attached hydrogen (secondary N) is 1. The van der Waals surface area contributed by atoms with Gasteiger partial charge in [-0.15, -0.1) is 0 Å². The Kier molecular flexibility index (Phi) is 7.47. The second kappa shape index (κ2) is 9.05. The Labute approximate surface area is 104 Å². The van der Waals surface area contributed by atoms with Crippen LogP contribution in [-0.2, 0) is 6.54 Å². The molecule has 0 amide bonds. The maximum atomic E-state index is 5.44. The number of ether oxygens (including phenoxy) is 1. The van der Waals surface area contributed by atoms with Crippen molar-refractivity contribution < 1.29 is 9.15 Å². The minimum atomic E-state index is 0.397. The van der Waals surface area contributed by atoms with Crippen molar-refractivity contribution in [1.29, 1.82) is 0 Å². The molecule has 98 valence electrons. The summed E-state index contributed by atoms with van der Waals surface area (Å²) in [7, 11) is 0. The summed E-state index contributed by atoms with van der Waals surface area (Å²) in [6, 6.07) is 0. The van der Waals surface area contributed by atoms with Gasteiger partial charge in [0.1, 0.15) is 6.26 Å². The van der Waals surface area contributed by atoms with E-state index in [1.807, 2.05) is 0 Å². The van der Waals surface area contributed by atoms with E-state index < -0.39 is 0 Å². The predicted octanol–water partition coefficient (Wildman–Crippen LogP) is 3.13. The Morgan fingerprint density at radius 3 is 2.82 bits per heavy atom. The number of oxazole rings is 1. The first kappa shape index (κ1) is 14.0. The Hall–Kier alpha value is -1.03. The standard InChI is InChI=1S/C13H24N2O2/c1-3-5-6-7-8-9-16-13-15-12(11-17-13)10-14-4-2/h11,14H,3-10H2,1-2H3. The van der Waals surface area contributed by atoms with Crippen LogP contribution in [0.25, 0.3) is 0 Å². The molecule has 0 aromatic carbocycles. The van der Waals surface area contributed by atoms with Crippen LogP contribution in [0, 0.1) is 0 Å². The van der Waals surface area contributed by atoms with Crippen molar-refractivity contribution in [3.05, 3.63) is 12.0 Å². The van der Waals surface area contributed by atoms with Crippen LogP contribution in [0.1, 0.15) is 51.6 Å². The molecule has 17 heavy (non-hydrogen) atoms. The maximum absolute atomic E-state index is 5.44. The van der Waals surface area contributed by atoms with E-state index in [9.17, 15) is 0 Å². The molecule has 4 heteroatoms. The zero-order valence-electron chi connectivity index (χ0n) is 11.0. The van der Waals surface area contributed by atoms with Crippen molar-refractivity contribution in [3.63, 3.8) is 0 Å². The number of nitrogens with zero attached hydrogens (tertiary/aromatic N) is 1. The van der Waals surface area contributed by atoms with E-state index in [0.29, 0.717) is 12.7 Å². The lowest BCUT2D eigenvalue weighted by molar-refractivity contribution is 0.224. The highest BCUT2D eigenvalue weighted by Gasteiger charge is 2.03. The zero-order valence-corrected chi connectivity index (χ0v) is 11.0. The SMILES string of the molecule is CCCCCCCOc1nc(CNCC)co1. The zero-order chi connectivity index (χ0) is 12.3. The van der Waals surface area contributed by atoms with Gasteiger partial charge in [-0.1, -0.05) is 39.5 Å². The van der Waals surface area contributed by atoms with E-state index in [-0.39, 0.29) is 0 Å². The van der Waals surface area contributed by atoms with Gasteiger partial charge in [-0.3, -0.25) is 0 Å². The van der Waals surface area contributed by atoms with Gasteiger partial charge in [-0.05, 0) is 13.0 Å². The second-order valence-corrected chi connectivity index (χ2v) is 4.15. The third-order valence-corrected chi connectivity index (χ3v) is 2.56. The highest BCUT2D eigenvalue weighted by atomic mass is 16.6. The highest BCUT2D eigenvalue weighted by Crippen LogP contribution is 2.11. The number of hydrogen-bond donors (Lipinski definition) is 1. The predicted molar refractivity (Wildman–Crippen MR) is 68.1 cm³/mol. The van der Waals surface area contributed by atoms with Crippen LogP contribution in [0.3, 0.4) is 0 Å². The quantitative estimate of drug-likeness (QED) is 0.638. The summed E-state index contributed by atoms with van der Waals surface area (Å²) >= 11 is 0. The Morgan fingerprint density at radius 1 is 1.24 bits per heavy atom. The monoisotopic (exact) mass is 240 g/mol. The van der Waals surface area contributed by atoms with Gasteiger partial charge in [-0.2, -0.15) is 4.98 Å². The van der Waals surface area contributed by atoms with Crippen LogP contribution >= 0.6 is 0 Å². The van der Waals surface area contributed by atoms with Crippen molar-refractivity contribution >= 4 is 0 Å². The number of unbranched alkanes of at least 4 members (excludes halogenated alkanes) is 4. The molecule has 0 aliphatic rings. The smallest absolute Gasteiger partial charge is 0.393 e. The molecule has 0 aliphatic carbocycles. The van der Waals surface area contributed by atoms with Crippen LogP contribution in [0.4, 0.5) is 0 Å². The van der Waals surface area contributed by atoms with Crippen LogP contribution in [0.5, 0.6) is 6.08 Å². The Balaban J connectivity index is 2.08. The van der Waals surface area contributed by atoms with E-state index in [1.165, 1.54) is 25.7 Å². The van der Waals surface area contributed by atoms with E-state index >= 15 is 0 Å². The lowest BCUT2D eigenvalue weighted by Crippen LogP contribution is -2.11. The molecule has 0 fully saturated rings. The molecule has 0 bridgehead atoms. The van der Waals surface area contributed by atoms with E-state index in [4.69, 9.17) is 9.15 Å². The third-order valence-electron chi connectivity index (χ3n) is 2.56. The van der Waals surface area contributed by atoms with Gasteiger partial charge < -0.3 is 14.5 Å². The summed E-state index contributed by atoms with van der Waals surface area (Å²) in [5.41, 5.74) is 0.896. The molecule has 1 aromatic rings. The molecule has 1 aromatic heterocycles. The number of aromatic nitrogens is 1. The average molecular weight is 240 g/mol. The average Bonchev–Trinajstić information content (AvgIpc) is 2.79. The first-order chi connectivity index (χ1) is 8.36. The molecule has 0 saturated heterocycles. The van der Waals surface area contributed by atoms with Crippen molar-refractivity contribution in [2.75, 3.05) is 13.2 Å². The van der Waals surface area contributed by atoms with Gasteiger partial charge in [-0.25, -0.2) is 0 Å². The summed E-state index contributed by atoms with van der Waals surface area (Å²) in [5.74, 6) is 0. The molecule has 0 saturated carbocycles. The molecule has 4 nitrogen and oxygen atoms in total. The number of rotatable bonds is 10. The van der Waals surface area contributed by atoms with Gasteiger partial charge in [0.05, 0.1) is 12.3 Å². The van der Waals surface area contributed by atoms with Crippen molar-refractivity contribution in [1.82, 2.24) is 10.3 Å². The van der Waals surface area contributed by atoms with Crippen LogP contribution in [-0.4, -0.2) is 18.1 Å². The molecule has 0 unspecified atom stereocenters. The lowest BCUT2D eigenvalue weighted by atomic mass is 10.2. The largest absolute Gasteiger partial charge is 0.450 e. The molecule has 0 atom stereocenters. The fourth-order valence-electron chi connectivity index (χ4n) is 1.55. The lowest BCUT2D eigenvalue weighted by Gasteiger charge is -2.00. The molecule has 0 spiro atoms. The van der Waals surface area contributed by atoms with Crippen molar-refractivity contribution in [2.24, 2.45) is 0 Å². The molecule has 1 N–H and O–H groups in total. The molecular weight excluding hydrogens is 216 g/mol. The van der Waals surface area contributed by atoms with Crippen molar-refractivity contribution in [2.45, 2.75) is 52.5 Å². The van der Waals surface area contributed by atoms with Gasteiger partial charge in [0, 0.05) is 6.54 Å². The second-order valence-electron chi connectivity index (χ2n) is 4.15. The molecule has 0 aliphatic heterocycles. The normalized spacial score (nSPS) is 10.7. The molecule has 1 heterocycles. The minimum absolute atomic E-state index is 0.397. The van der Waals surface area contributed by atoms with Crippen molar-refractivity contribution in [3.8, 4) is 6.08 Å². The van der Waals surface area contributed by atoms with E-state index in [2.05, 4.69) is 24.1 Å². The van der Waals surface area contributed by atoms with Crippen LogP contribution < -0.4 is 10.1 Å². The topological polar surface area (TPSA) is 47.3 Å². The fraction of sp³-hybridized carbons (Fsp3) is 0.769. The molecular formula is C13H24N2O2.